The van der Waals surface area contributed by atoms with Crippen molar-refractivity contribution >= 4 is 0 Å². The van der Waals surface area contributed by atoms with E-state index in [9.17, 15) is 0 Å². The number of hydrogen-bond donors (Lipinski definition) is 1. The van der Waals surface area contributed by atoms with Gasteiger partial charge in [0.25, 0.3) is 0 Å². The lowest BCUT2D eigenvalue weighted by Crippen LogP contribution is -2.23. The van der Waals surface area contributed by atoms with Crippen molar-refractivity contribution in [3.05, 3.63) is 0 Å². The van der Waals surface area contributed by atoms with Gasteiger partial charge < -0.3 is 19.9 Å². The van der Waals surface area contributed by atoms with Gasteiger partial charge in [-0.3, -0.25) is 0 Å². The van der Waals surface area contributed by atoms with Gasteiger partial charge in [-0.1, -0.05) is 0 Å². The lowest BCUT2D eigenvalue weighted by atomic mass is 10.4. The fourth-order valence-corrected chi connectivity index (χ4v) is 0.794. The molecule has 0 fully saturated rings. The monoisotopic (exact) mass is 191 g/mol. The molecule has 0 aromatic carbocycles. The predicted molar refractivity (Wildman–Crippen MR) is 51.8 cm³/mol. The second-order valence-corrected chi connectivity index (χ2v) is 3.01. The summed E-state index contributed by atoms with van der Waals surface area (Å²) in [6.07, 6.45) is 0.934. The first-order chi connectivity index (χ1) is 6.27. The van der Waals surface area contributed by atoms with Crippen LogP contribution in [0, 0.1) is 0 Å². The van der Waals surface area contributed by atoms with E-state index in [-0.39, 0.29) is 6.04 Å². The molecule has 0 rings (SSSR count). The van der Waals surface area contributed by atoms with Crippen LogP contribution < -0.4 is 5.73 Å². The van der Waals surface area contributed by atoms with Gasteiger partial charge in [-0.2, -0.15) is 0 Å². The molecule has 4 nitrogen and oxygen atoms in total. The maximum absolute atomic E-state index is 5.49. The number of ether oxygens (including phenoxy) is 3. The van der Waals surface area contributed by atoms with Crippen molar-refractivity contribution in [3.8, 4) is 0 Å². The summed E-state index contributed by atoms with van der Waals surface area (Å²) < 4.78 is 15.4. The van der Waals surface area contributed by atoms with Gasteiger partial charge in [0.05, 0.1) is 19.8 Å². The zero-order valence-corrected chi connectivity index (χ0v) is 8.62. The SMILES string of the molecule is COCCCOCCOC[C@H](C)N. The average Bonchev–Trinajstić information content (AvgIpc) is 2.09. The van der Waals surface area contributed by atoms with Gasteiger partial charge in [0, 0.05) is 26.4 Å². The maximum Gasteiger partial charge on any atom is 0.0701 e. The van der Waals surface area contributed by atoms with E-state index in [2.05, 4.69) is 0 Å². The van der Waals surface area contributed by atoms with Crippen molar-refractivity contribution in [3.63, 3.8) is 0 Å². The number of nitrogens with two attached hydrogens (primary N) is 1. The molecule has 0 radical (unpaired) electrons. The van der Waals surface area contributed by atoms with Crippen LogP contribution in [-0.4, -0.2) is 46.2 Å². The van der Waals surface area contributed by atoms with Crippen LogP contribution in [0.1, 0.15) is 13.3 Å². The van der Waals surface area contributed by atoms with Crippen molar-refractivity contribution in [1.29, 1.82) is 0 Å². The van der Waals surface area contributed by atoms with Crippen LogP contribution in [0.2, 0.25) is 0 Å². The second kappa shape index (κ2) is 9.92. The zero-order valence-electron chi connectivity index (χ0n) is 8.62. The Balaban J connectivity index is 2.84. The van der Waals surface area contributed by atoms with E-state index in [4.69, 9.17) is 19.9 Å². The van der Waals surface area contributed by atoms with Crippen LogP contribution in [0.5, 0.6) is 0 Å². The van der Waals surface area contributed by atoms with E-state index in [1.54, 1.807) is 7.11 Å². The summed E-state index contributed by atoms with van der Waals surface area (Å²) in [6, 6.07) is 0.105. The molecular weight excluding hydrogens is 170 g/mol. The molecule has 80 valence electrons. The van der Waals surface area contributed by atoms with Crippen LogP contribution in [-0.2, 0) is 14.2 Å². The molecule has 0 saturated carbocycles. The summed E-state index contributed by atoms with van der Waals surface area (Å²) in [5.41, 5.74) is 5.49. The molecule has 4 heteroatoms. The molecule has 0 amide bonds. The van der Waals surface area contributed by atoms with Gasteiger partial charge in [0.15, 0.2) is 0 Å². The quantitative estimate of drug-likeness (QED) is 0.536. The predicted octanol–water partition coefficient (Wildman–Crippen LogP) is 0.403. The van der Waals surface area contributed by atoms with Gasteiger partial charge in [-0.15, -0.1) is 0 Å². The Morgan fingerprint density at radius 3 is 2.38 bits per heavy atom. The Labute approximate surface area is 80.3 Å². The molecule has 13 heavy (non-hydrogen) atoms. The Bertz CT molecular complexity index is 98.9. The third-order valence-electron chi connectivity index (χ3n) is 1.39. The summed E-state index contributed by atoms with van der Waals surface area (Å²) in [7, 11) is 1.69. The van der Waals surface area contributed by atoms with Crippen molar-refractivity contribution in [2.45, 2.75) is 19.4 Å². The minimum atomic E-state index is 0.105. The molecule has 0 saturated heterocycles. The van der Waals surface area contributed by atoms with E-state index >= 15 is 0 Å². The first-order valence-electron chi connectivity index (χ1n) is 4.67. The number of rotatable bonds is 9. The number of methoxy groups -OCH3 is 1. The van der Waals surface area contributed by atoms with E-state index in [1.807, 2.05) is 6.92 Å². The lowest BCUT2D eigenvalue weighted by Gasteiger charge is -2.07. The molecule has 0 aliphatic heterocycles. The molecule has 0 aliphatic carbocycles. The smallest absolute Gasteiger partial charge is 0.0701 e. The standard InChI is InChI=1S/C9H21NO3/c1-9(10)8-13-7-6-12-5-3-4-11-2/h9H,3-8,10H2,1-2H3/t9-/m0/s1. The zero-order chi connectivity index (χ0) is 9.94. The van der Waals surface area contributed by atoms with Gasteiger partial charge in [0.2, 0.25) is 0 Å². The lowest BCUT2D eigenvalue weighted by molar-refractivity contribution is 0.0368. The summed E-state index contributed by atoms with van der Waals surface area (Å²) >= 11 is 0. The third kappa shape index (κ3) is 11.8. The molecular formula is C9H21NO3. The van der Waals surface area contributed by atoms with Crippen molar-refractivity contribution < 1.29 is 14.2 Å². The molecule has 2 N–H and O–H groups in total. The van der Waals surface area contributed by atoms with E-state index in [0.29, 0.717) is 19.8 Å². The summed E-state index contributed by atoms with van der Waals surface area (Å²) in [6.45, 7) is 5.25. The Morgan fingerprint density at radius 1 is 1.08 bits per heavy atom. The van der Waals surface area contributed by atoms with Crippen LogP contribution >= 0.6 is 0 Å². The maximum atomic E-state index is 5.49. The summed E-state index contributed by atoms with van der Waals surface area (Å²) in [4.78, 5) is 0. The average molecular weight is 191 g/mol. The fourth-order valence-electron chi connectivity index (χ4n) is 0.794. The minimum absolute atomic E-state index is 0.105. The first-order valence-corrected chi connectivity index (χ1v) is 4.67. The second-order valence-electron chi connectivity index (χ2n) is 3.01. The van der Waals surface area contributed by atoms with Gasteiger partial charge in [0.1, 0.15) is 0 Å². The number of hydrogen-bond acceptors (Lipinski definition) is 4. The first kappa shape index (κ1) is 12.8. The van der Waals surface area contributed by atoms with Crippen molar-refractivity contribution in [1.82, 2.24) is 0 Å². The van der Waals surface area contributed by atoms with Gasteiger partial charge in [-0.05, 0) is 13.3 Å². The molecule has 0 bridgehead atoms. The van der Waals surface area contributed by atoms with E-state index in [0.717, 1.165) is 19.6 Å². The normalized spacial score (nSPS) is 13.2. The highest BCUT2D eigenvalue weighted by Crippen LogP contribution is 1.85. The van der Waals surface area contributed by atoms with Crippen LogP contribution in [0.25, 0.3) is 0 Å². The van der Waals surface area contributed by atoms with E-state index < -0.39 is 0 Å². The van der Waals surface area contributed by atoms with Gasteiger partial charge >= 0.3 is 0 Å². The largest absolute Gasteiger partial charge is 0.385 e. The van der Waals surface area contributed by atoms with Crippen molar-refractivity contribution in [2.24, 2.45) is 5.73 Å². The third-order valence-corrected chi connectivity index (χ3v) is 1.39. The van der Waals surface area contributed by atoms with Crippen molar-refractivity contribution in [2.75, 3.05) is 40.1 Å². The summed E-state index contributed by atoms with van der Waals surface area (Å²) in [5, 5.41) is 0. The minimum Gasteiger partial charge on any atom is -0.385 e. The topological polar surface area (TPSA) is 53.7 Å². The van der Waals surface area contributed by atoms with Crippen LogP contribution in [0.4, 0.5) is 0 Å². The molecule has 0 aromatic rings. The molecule has 0 spiro atoms. The highest BCUT2D eigenvalue weighted by atomic mass is 16.5. The Hall–Kier alpha value is -0.160. The highest BCUT2D eigenvalue weighted by molar-refractivity contribution is 4.47. The summed E-state index contributed by atoms with van der Waals surface area (Å²) in [5.74, 6) is 0. The molecule has 0 unspecified atom stereocenters. The van der Waals surface area contributed by atoms with Crippen LogP contribution in [0.3, 0.4) is 0 Å². The van der Waals surface area contributed by atoms with Gasteiger partial charge in [-0.25, -0.2) is 0 Å². The van der Waals surface area contributed by atoms with E-state index in [1.165, 1.54) is 0 Å². The molecule has 0 aliphatic rings. The Morgan fingerprint density at radius 2 is 1.77 bits per heavy atom. The molecule has 1 atom stereocenters. The molecule has 0 aromatic heterocycles. The molecule has 0 heterocycles. The Kier molecular flexibility index (Phi) is 9.80. The fraction of sp³-hybridized carbons (Fsp3) is 1.00. The van der Waals surface area contributed by atoms with Crippen LogP contribution in [0.15, 0.2) is 0 Å². The highest BCUT2D eigenvalue weighted by Gasteiger charge is 1.93.